The minimum absolute atomic E-state index is 0.0133. The number of rotatable bonds is 12. The molecule has 60 heavy (non-hydrogen) atoms. The van der Waals surface area contributed by atoms with Crippen LogP contribution in [0.25, 0.3) is 22.0 Å². The third-order valence-corrected chi connectivity index (χ3v) is 12.3. The van der Waals surface area contributed by atoms with E-state index in [1.807, 2.05) is 30.5 Å². The van der Waals surface area contributed by atoms with E-state index in [2.05, 4.69) is 30.9 Å². The predicted octanol–water partition coefficient (Wildman–Crippen LogP) is 4.65. The first-order chi connectivity index (χ1) is 29.0. The summed E-state index contributed by atoms with van der Waals surface area (Å²) in [6.07, 6.45) is 7.55. The number of unbranched alkanes of at least 4 members (excludes halogenated alkanes) is 1. The molecule has 316 valence electrons. The summed E-state index contributed by atoms with van der Waals surface area (Å²) in [5.41, 5.74) is 15.8. The Hall–Kier alpha value is -5.52. The fourth-order valence-corrected chi connectivity index (χ4v) is 8.66. The maximum Gasteiger partial charge on any atom is 0.339 e. The molecular formula is C43H50ClN9O6S. The number of aromatic amines is 1. The number of methoxy groups -OCH3 is 1. The van der Waals surface area contributed by atoms with Crippen LogP contribution in [0.15, 0.2) is 83.1 Å². The number of nitrogens with zero attached hydrogens (tertiary/aromatic N) is 3. The summed E-state index contributed by atoms with van der Waals surface area (Å²) in [7, 11) is 2.98. The van der Waals surface area contributed by atoms with Gasteiger partial charge in [-0.2, -0.15) is 0 Å². The number of para-hydroxylation sites is 1. The quantitative estimate of drug-likeness (QED) is 0.0851. The van der Waals surface area contributed by atoms with Crippen LogP contribution in [0, 0.1) is 0 Å². The zero-order valence-electron chi connectivity index (χ0n) is 33.5. The predicted molar refractivity (Wildman–Crippen MR) is 231 cm³/mol. The van der Waals surface area contributed by atoms with Crippen LogP contribution < -0.4 is 32.2 Å². The highest BCUT2D eigenvalue weighted by Gasteiger charge is 2.34. The number of amides is 3. The summed E-state index contributed by atoms with van der Waals surface area (Å²) in [5, 5.41) is 21.1. The number of halogens is 1. The molecule has 0 saturated carbocycles. The van der Waals surface area contributed by atoms with E-state index in [-0.39, 0.29) is 36.7 Å². The Morgan fingerprint density at radius 3 is 2.50 bits per heavy atom. The summed E-state index contributed by atoms with van der Waals surface area (Å²) in [6, 6.07) is 13.3. The van der Waals surface area contributed by atoms with Gasteiger partial charge < -0.3 is 47.1 Å². The summed E-state index contributed by atoms with van der Waals surface area (Å²) < 4.78 is 5.48. The lowest BCUT2D eigenvalue weighted by Gasteiger charge is -2.32. The first-order valence-corrected chi connectivity index (χ1v) is 21.0. The highest BCUT2D eigenvalue weighted by atomic mass is 35.5. The van der Waals surface area contributed by atoms with Crippen LogP contribution >= 0.6 is 23.4 Å². The van der Waals surface area contributed by atoms with E-state index in [9.17, 15) is 24.3 Å². The van der Waals surface area contributed by atoms with Crippen molar-refractivity contribution in [3.05, 3.63) is 101 Å². The molecule has 17 heteroatoms. The first-order valence-electron chi connectivity index (χ1n) is 19.8. The number of carboxylic acid groups (broad SMARTS) is 1. The van der Waals surface area contributed by atoms with Crippen molar-refractivity contribution in [1.29, 1.82) is 0 Å². The Morgan fingerprint density at radius 2 is 1.73 bits per heavy atom. The second kappa shape index (κ2) is 20.6. The fourth-order valence-electron chi connectivity index (χ4n) is 7.35. The lowest BCUT2D eigenvalue weighted by atomic mass is 9.97. The number of fused-ring (bicyclic) bond motifs is 3. The van der Waals surface area contributed by atoms with Gasteiger partial charge in [0.25, 0.3) is 0 Å². The summed E-state index contributed by atoms with van der Waals surface area (Å²) in [6.45, 7) is 0.873. The van der Waals surface area contributed by atoms with Crippen molar-refractivity contribution in [1.82, 2.24) is 35.8 Å². The lowest BCUT2D eigenvalue weighted by molar-refractivity contribution is -0.142. The van der Waals surface area contributed by atoms with Gasteiger partial charge in [-0.05, 0) is 91.7 Å². The van der Waals surface area contributed by atoms with Gasteiger partial charge in [-0.25, -0.2) is 9.78 Å². The van der Waals surface area contributed by atoms with E-state index in [1.165, 1.54) is 29.8 Å². The van der Waals surface area contributed by atoms with E-state index >= 15 is 0 Å². The van der Waals surface area contributed by atoms with Crippen molar-refractivity contribution >= 4 is 58.0 Å². The molecule has 3 atom stereocenters. The third kappa shape index (κ3) is 10.3. The van der Waals surface area contributed by atoms with Crippen molar-refractivity contribution in [2.45, 2.75) is 79.7 Å². The number of hydrogen-bond donors (Lipinski definition) is 7. The van der Waals surface area contributed by atoms with Crippen LogP contribution in [-0.2, 0) is 33.9 Å². The smallest absolute Gasteiger partial charge is 0.339 e. The molecule has 0 spiro atoms. The maximum atomic E-state index is 14.8. The zero-order chi connectivity index (χ0) is 42.8. The molecular weight excluding hydrogens is 806 g/mol. The molecule has 0 fully saturated rings. The molecule has 3 unspecified atom stereocenters. The number of carboxylic acids is 1. The standard InChI is InChI=1S/C43H50ClN9O6S/c1-53-36(20-26-22-49-32-9-4-3-8-28(26)32)40(55)51-23-30-27(25-12-13-29(43(57)58)37(21-25)59-2)14-15-31(44)38(30)60-41-35(47-18-19-48-41)24-50-33(11-7-17-46)39(54)52-34(42(53)56)10-5-6-16-45/h3-4,8-9,12-15,18-19,21-22,33-34,36,49-50H,5-7,10-11,16-17,20,23-24,45-46H2,1-2H3,(H,51,55)(H,52,54)(H,57,58). The number of benzene rings is 3. The molecule has 3 amide bonds. The average molecular weight is 856 g/mol. The van der Waals surface area contributed by atoms with Crippen molar-refractivity contribution in [3.63, 3.8) is 0 Å². The summed E-state index contributed by atoms with van der Waals surface area (Å²) in [5.74, 6) is -2.25. The van der Waals surface area contributed by atoms with Crippen molar-refractivity contribution in [2.75, 3.05) is 27.2 Å². The monoisotopic (exact) mass is 855 g/mol. The molecule has 5 aromatic rings. The Labute approximate surface area is 357 Å². The van der Waals surface area contributed by atoms with E-state index in [4.69, 9.17) is 27.8 Å². The number of aromatic nitrogens is 3. The van der Waals surface area contributed by atoms with Crippen molar-refractivity contribution < 1.29 is 29.0 Å². The second-order valence-corrected chi connectivity index (χ2v) is 15.9. The van der Waals surface area contributed by atoms with Crippen molar-refractivity contribution in [3.8, 4) is 16.9 Å². The summed E-state index contributed by atoms with van der Waals surface area (Å²) in [4.78, 5) is 70.0. The molecule has 0 aliphatic carbocycles. The molecule has 0 radical (unpaired) electrons. The highest BCUT2D eigenvalue weighted by Crippen LogP contribution is 2.42. The molecule has 15 nitrogen and oxygen atoms in total. The number of hydrogen-bond acceptors (Lipinski definition) is 11. The number of H-pyrrole nitrogens is 1. The molecule has 3 heterocycles. The van der Waals surface area contributed by atoms with Crippen LogP contribution in [0.4, 0.5) is 0 Å². The van der Waals surface area contributed by atoms with Crippen LogP contribution in [-0.4, -0.2) is 94.0 Å². The molecule has 1 aliphatic rings. The second-order valence-electron chi connectivity index (χ2n) is 14.5. The van der Waals surface area contributed by atoms with Crippen LogP contribution in [0.3, 0.4) is 0 Å². The number of carbonyl (C=O) groups excluding carboxylic acids is 3. The molecule has 9 N–H and O–H groups in total. The van der Waals surface area contributed by atoms with Gasteiger partial charge >= 0.3 is 5.97 Å². The lowest BCUT2D eigenvalue weighted by Crippen LogP contribution is -2.57. The zero-order valence-corrected chi connectivity index (χ0v) is 35.1. The third-order valence-electron chi connectivity index (χ3n) is 10.6. The average Bonchev–Trinajstić information content (AvgIpc) is 3.67. The van der Waals surface area contributed by atoms with E-state index < -0.39 is 35.9 Å². The fraction of sp³-hybridized carbons (Fsp3) is 0.349. The molecule has 2 aromatic heterocycles. The van der Waals surface area contributed by atoms with Gasteiger partial charge in [-0.15, -0.1) is 0 Å². The Bertz CT molecular complexity index is 2340. The number of carbonyl (C=O) groups is 4. The topological polar surface area (TPSA) is 231 Å². The van der Waals surface area contributed by atoms with Gasteiger partial charge in [-0.3, -0.25) is 19.4 Å². The summed E-state index contributed by atoms with van der Waals surface area (Å²) >= 11 is 8.26. The molecule has 0 saturated heterocycles. The Morgan fingerprint density at radius 1 is 0.967 bits per heavy atom. The number of likely N-dealkylation sites (N-methyl/N-ethyl adjacent to an activating group) is 1. The van der Waals surface area contributed by atoms with E-state index in [1.54, 1.807) is 43.7 Å². The first kappa shape index (κ1) is 44.0. The van der Waals surface area contributed by atoms with E-state index in [0.29, 0.717) is 82.5 Å². The number of ether oxygens (including phenoxy) is 1. The van der Waals surface area contributed by atoms with Gasteiger partial charge in [0.05, 0.1) is 23.9 Å². The number of nitrogens with one attached hydrogen (secondary N) is 4. The minimum atomic E-state index is -1.14. The number of aromatic carboxylic acids is 1. The molecule has 3 aromatic carbocycles. The Balaban J connectivity index is 1.50. The largest absolute Gasteiger partial charge is 0.496 e. The normalized spacial score (nSPS) is 18.0. The van der Waals surface area contributed by atoms with Gasteiger partial charge in [0.2, 0.25) is 17.7 Å². The van der Waals surface area contributed by atoms with E-state index in [0.717, 1.165) is 16.5 Å². The molecule has 1 aliphatic heterocycles. The van der Waals surface area contributed by atoms with Crippen LogP contribution in [0.1, 0.15) is 59.3 Å². The Kier molecular flexibility index (Phi) is 15.1. The van der Waals surface area contributed by atoms with Crippen LogP contribution in [0.5, 0.6) is 5.75 Å². The van der Waals surface area contributed by atoms with Crippen LogP contribution in [0.2, 0.25) is 5.02 Å². The molecule has 6 rings (SSSR count). The van der Waals surface area contributed by atoms with Crippen molar-refractivity contribution in [2.24, 2.45) is 11.5 Å². The van der Waals surface area contributed by atoms with Gasteiger partial charge in [0, 0.05) is 60.9 Å². The van der Waals surface area contributed by atoms with Gasteiger partial charge in [0.15, 0.2) is 0 Å². The SMILES string of the molecule is COc1cc(-c2ccc(Cl)c3c2CNC(=O)C(Cc2c[nH]c4ccccc24)N(C)C(=O)C(CCCCN)NC(=O)C(CCCN)NCc2nccnc2S3)ccc1C(=O)O. The molecule has 0 bridgehead atoms. The maximum absolute atomic E-state index is 14.8. The van der Waals surface area contributed by atoms with Gasteiger partial charge in [0.1, 0.15) is 28.4 Å². The van der Waals surface area contributed by atoms with Gasteiger partial charge in [-0.1, -0.05) is 53.7 Å². The number of nitrogens with two attached hydrogens (primary N) is 2. The minimum Gasteiger partial charge on any atom is -0.496 e. The highest BCUT2D eigenvalue weighted by molar-refractivity contribution is 7.99.